The van der Waals surface area contributed by atoms with Gasteiger partial charge in [0.05, 0.1) is 23.8 Å². The van der Waals surface area contributed by atoms with Gasteiger partial charge >= 0.3 is 0 Å². The van der Waals surface area contributed by atoms with Gasteiger partial charge in [0.15, 0.2) is 0 Å². The lowest BCUT2D eigenvalue weighted by molar-refractivity contribution is 0.0979. The number of halogens is 1. The van der Waals surface area contributed by atoms with Crippen LogP contribution in [0.15, 0.2) is 48.0 Å². The van der Waals surface area contributed by atoms with Gasteiger partial charge in [0.1, 0.15) is 5.75 Å². The molecule has 1 N–H and O–H groups in total. The number of methoxy groups -OCH3 is 1. The van der Waals surface area contributed by atoms with Crippen molar-refractivity contribution in [1.29, 1.82) is 0 Å². The van der Waals surface area contributed by atoms with Crippen molar-refractivity contribution in [2.75, 3.05) is 7.11 Å². The standard InChI is InChI=1S/C15H13ClN2O4S/c1-22-14-10-11(16)5-6-13(14)15(19)18-23(20,21)9-7-12-4-2-3-8-17-12/h2-10H,1H3,(H,18,19). The fourth-order valence-electron chi connectivity index (χ4n) is 1.70. The molecule has 1 aromatic heterocycles. The number of amides is 1. The summed E-state index contributed by atoms with van der Waals surface area (Å²) in [6, 6.07) is 9.34. The van der Waals surface area contributed by atoms with Gasteiger partial charge in [0.25, 0.3) is 15.9 Å². The minimum absolute atomic E-state index is 0.0618. The third-order valence-electron chi connectivity index (χ3n) is 2.75. The molecule has 23 heavy (non-hydrogen) atoms. The van der Waals surface area contributed by atoms with Crippen molar-refractivity contribution in [2.45, 2.75) is 0 Å². The SMILES string of the molecule is COc1cc(Cl)ccc1C(=O)NS(=O)(=O)C=Cc1ccccn1. The number of ether oxygens (including phenoxy) is 1. The Morgan fingerprint density at radius 1 is 1.30 bits per heavy atom. The molecule has 1 heterocycles. The van der Waals surface area contributed by atoms with Crippen LogP contribution in [-0.4, -0.2) is 26.4 Å². The van der Waals surface area contributed by atoms with E-state index in [0.29, 0.717) is 10.7 Å². The monoisotopic (exact) mass is 352 g/mol. The zero-order valence-electron chi connectivity index (χ0n) is 12.1. The van der Waals surface area contributed by atoms with Gasteiger partial charge in [-0.15, -0.1) is 0 Å². The lowest BCUT2D eigenvalue weighted by Gasteiger charge is -2.08. The van der Waals surface area contributed by atoms with Crippen LogP contribution in [0.3, 0.4) is 0 Å². The number of nitrogens with one attached hydrogen (secondary N) is 1. The smallest absolute Gasteiger partial charge is 0.268 e. The number of pyridine rings is 1. The number of aromatic nitrogens is 1. The summed E-state index contributed by atoms with van der Waals surface area (Å²) >= 11 is 5.80. The molecular weight excluding hydrogens is 340 g/mol. The van der Waals surface area contributed by atoms with E-state index < -0.39 is 15.9 Å². The van der Waals surface area contributed by atoms with Crippen LogP contribution in [0.25, 0.3) is 6.08 Å². The lowest BCUT2D eigenvalue weighted by Crippen LogP contribution is -2.29. The first kappa shape index (κ1) is 17.0. The van der Waals surface area contributed by atoms with Crippen LogP contribution in [0.1, 0.15) is 16.1 Å². The molecule has 1 amide bonds. The van der Waals surface area contributed by atoms with Crippen molar-refractivity contribution in [3.8, 4) is 5.75 Å². The first-order valence-electron chi connectivity index (χ1n) is 6.41. The minimum Gasteiger partial charge on any atom is -0.496 e. The average molecular weight is 353 g/mol. The summed E-state index contributed by atoms with van der Waals surface area (Å²) < 4.78 is 30.8. The molecular formula is C15H13ClN2O4S. The molecule has 0 bridgehead atoms. The normalized spacial score (nSPS) is 11.4. The van der Waals surface area contributed by atoms with Gasteiger partial charge in [0.2, 0.25) is 0 Å². The predicted octanol–water partition coefficient (Wildman–Crippen LogP) is 2.47. The zero-order chi connectivity index (χ0) is 16.9. The molecule has 0 atom stereocenters. The van der Waals surface area contributed by atoms with Crippen molar-refractivity contribution >= 4 is 33.6 Å². The summed E-state index contributed by atoms with van der Waals surface area (Å²) in [5.74, 6) is -0.636. The van der Waals surface area contributed by atoms with Crippen molar-refractivity contribution in [1.82, 2.24) is 9.71 Å². The quantitative estimate of drug-likeness (QED) is 0.893. The molecule has 0 aliphatic carbocycles. The van der Waals surface area contributed by atoms with Crippen molar-refractivity contribution in [3.63, 3.8) is 0 Å². The van der Waals surface area contributed by atoms with Crippen molar-refractivity contribution in [3.05, 3.63) is 64.3 Å². The molecule has 0 unspecified atom stereocenters. The number of rotatable bonds is 5. The summed E-state index contributed by atoms with van der Waals surface area (Å²) in [7, 11) is -2.61. The summed E-state index contributed by atoms with van der Waals surface area (Å²) in [5.41, 5.74) is 0.515. The van der Waals surface area contributed by atoms with Gasteiger partial charge in [-0.1, -0.05) is 17.7 Å². The Bertz CT molecular complexity index is 836. The Morgan fingerprint density at radius 3 is 2.74 bits per heavy atom. The Hall–Kier alpha value is -2.38. The molecule has 2 aromatic rings. The molecule has 120 valence electrons. The van der Waals surface area contributed by atoms with E-state index in [1.165, 1.54) is 37.6 Å². The van der Waals surface area contributed by atoms with Crippen LogP contribution in [0.5, 0.6) is 5.75 Å². The van der Waals surface area contributed by atoms with Gasteiger partial charge in [-0.3, -0.25) is 9.78 Å². The number of carbonyl (C=O) groups is 1. The fraction of sp³-hybridized carbons (Fsp3) is 0.0667. The van der Waals surface area contributed by atoms with E-state index in [4.69, 9.17) is 16.3 Å². The first-order chi connectivity index (χ1) is 10.9. The van der Waals surface area contributed by atoms with E-state index in [-0.39, 0.29) is 11.3 Å². The minimum atomic E-state index is -3.97. The summed E-state index contributed by atoms with van der Waals surface area (Å²) in [4.78, 5) is 16.1. The summed E-state index contributed by atoms with van der Waals surface area (Å²) in [6.07, 6.45) is 2.82. The van der Waals surface area contributed by atoms with E-state index in [1.807, 2.05) is 4.72 Å². The molecule has 6 nitrogen and oxygen atoms in total. The summed E-state index contributed by atoms with van der Waals surface area (Å²) in [5, 5.41) is 1.24. The lowest BCUT2D eigenvalue weighted by atomic mass is 10.2. The average Bonchev–Trinajstić information content (AvgIpc) is 2.53. The molecule has 0 saturated carbocycles. The molecule has 0 radical (unpaired) electrons. The number of nitrogens with zero attached hydrogens (tertiary/aromatic N) is 1. The van der Waals surface area contributed by atoms with Crippen LogP contribution >= 0.6 is 11.6 Å². The van der Waals surface area contributed by atoms with Crippen molar-refractivity contribution < 1.29 is 17.9 Å². The van der Waals surface area contributed by atoms with E-state index in [9.17, 15) is 13.2 Å². The second kappa shape index (κ2) is 7.26. The highest BCUT2D eigenvalue weighted by molar-refractivity contribution is 7.93. The van der Waals surface area contributed by atoms with Gasteiger partial charge < -0.3 is 4.74 Å². The largest absolute Gasteiger partial charge is 0.496 e. The van der Waals surface area contributed by atoms with Gasteiger partial charge in [-0.05, 0) is 36.4 Å². The number of sulfonamides is 1. The van der Waals surface area contributed by atoms with Crippen LogP contribution in [0.2, 0.25) is 5.02 Å². The highest BCUT2D eigenvalue weighted by Gasteiger charge is 2.17. The number of hydrogen-bond acceptors (Lipinski definition) is 5. The fourth-order valence-corrected chi connectivity index (χ4v) is 2.62. The van der Waals surface area contributed by atoms with Gasteiger partial charge in [-0.25, -0.2) is 13.1 Å². The molecule has 8 heteroatoms. The van der Waals surface area contributed by atoms with Crippen LogP contribution in [0.4, 0.5) is 0 Å². The highest BCUT2D eigenvalue weighted by Crippen LogP contribution is 2.23. The maximum atomic E-state index is 12.1. The molecule has 0 spiro atoms. The van der Waals surface area contributed by atoms with Gasteiger partial charge in [-0.2, -0.15) is 0 Å². The molecule has 1 aromatic carbocycles. The predicted molar refractivity (Wildman–Crippen MR) is 87.7 cm³/mol. The van der Waals surface area contributed by atoms with Gasteiger partial charge in [0, 0.05) is 11.2 Å². The van der Waals surface area contributed by atoms with Crippen LogP contribution < -0.4 is 9.46 Å². The highest BCUT2D eigenvalue weighted by atomic mass is 35.5. The molecule has 0 aliphatic rings. The Kier molecular flexibility index (Phi) is 5.36. The summed E-state index contributed by atoms with van der Waals surface area (Å²) in [6.45, 7) is 0. The molecule has 0 aliphatic heterocycles. The number of benzene rings is 1. The van der Waals surface area contributed by atoms with Crippen LogP contribution in [-0.2, 0) is 10.0 Å². The Labute approximate surface area is 138 Å². The van der Waals surface area contributed by atoms with Crippen molar-refractivity contribution in [2.24, 2.45) is 0 Å². The third kappa shape index (κ3) is 4.80. The van der Waals surface area contributed by atoms with Crippen LogP contribution in [0, 0.1) is 0 Å². The van der Waals surface area contributed by atoms with E-state index >= 15 is 0 Å². The maximum absolute atomic E-state index is 12.1. The molecule has 0 fully saturated rings. The maximum Gasteiger partial charge on any atom is 0.268 e. The number of hydrogen-bond donors (Lipinski definition) is 1. The van der Waals surface area contributed by atoms with E-state index in [2.05, 4.69) is 4.98 Å². The first-order valence-corrected chi connectivity index (χ1v) is 8.33. The second-order valence-electron chi connectivity index (χ2n) is 4.38. The topological polar surface area (TPSA) is 85.4 Å². The molecule has 0 saturated heterocycles. The number of carbonyl (C=O) groups excluding carboxylic acids is 1. The van der Waals surface area contributed by atoms with E-state index in [1.54, 1.807) is 18.2 Å². The molecule has 2 rings (SSSR count). The Morgan fingerprint density at radius 2 is 2.09 bits per heavy atom. The second-order valence-corrected chi connectivity index (χ2v) is 6.38. The third-order valence-corrected chi connectivity index (χ3v) is 3.95. The Balaban J connectivity index is 2.17. The zero-order valence-corrected chi connectivity index (χ0v) is 13.6. The van der Waals surface area contributed by atoms with E-state index in [0.717, 1.165) is 5.41 Å².